The lowest BCUT2D eigenvalue weighted by atomic mass is 10.0. The highest BCUT2D eigenvalue weighted by atomic mass is 31.2. The summed E-state index contributed by atoms with van der Waals surface area (Å²) in [7, 11) is 1.25. The summed E-state index contributed by atoms with van der Waals surface area (Å²) in [6.07, 6.45) is 55.3. The van der Waals surface area contributed by atoms with Gasteiger partial charge >= 0.3 is 0 Å². The van der Waals surface area contributed by atoms with Gasteiger partial charge in [-0.1, -0.05) is 244 Å². The van der Waals surface area contributed by atoms with E-state index >= 15 is 0 Å². The number of nitrogens with one attached hydrogen (secondary N) is 1. The summed E-state index contributed by atoms with van der Waals surface area (Å²) in [6.45, 7) is 4.66. The number of quaternary nitrogens is 1. The third-order valence-electron chi connectivity index (χ3n) is 12.2. The fraction of sp³-hybridized carbons (Fsp3) is 0.906. The van der Waals surface area contributed by atoms with Crippen LogP contribution >= 0.6 is 7.82 Å². The summed E-state index contributed by atoms with van der Waals surface area (Å²) in [4.78, 5) is 25.4. The van der Waals surface area contributed by atoms with Crippen LogP contribution in [0.4, 0.5) is 0 Å². The van der Waals surface area contributed by atoms with Gasteiger partial charge in [0.2, 0.25) is 5.91 Å². The molecule has 3 unspecified atom stereocenters. The predicted octanol–water partition coefficient (Wildman–Crippen LogP) is 15.0. The molecule has 1 amide bonds. The Hall–Kier alpha value is -1.02. The van der Waals surface area contributed by atoms with Crippen molar-refractivity contribution >= 4 is 13.7 Å². The van der Waals surface area contributed by atoms with Crippen molar-refractivity contribution in [2.75, 3.05) is 40.9 Å². The van der Waals surface area contributed by atoms with Crippen LogP contribution in [0.25, 0.3) is 0 Å². The zero-order valence-corrected chi connectivity index (χ0v) is 42.7. The topological polar surface area (TPSA) is 108 Å². The van der Waals surface area contributed by atoms with Crippen molar-refractivity contribution in [1.29, 1.82) is 0 Å². The van der Waals surface area contributed by atoms with Crippen molar-refractivity contribution in [2.45, 2.75) is 270 Å². The first-order valence-electron chi connectivity index (χ1n) is 26.7. The van der Waals surface area contributed by atoms with E-state index in [0.717, 1.165) is 38.5 Å². The van der Waals surface area contributed by atoms with Crippen LogP contribution in [-0.4, -0.2) is 68.5 Å². The molecule has 9 heteroatoms. The highest BCUT2D eigenvalue weighted by Gasteiger charge is 2.23. The Labute approximate surface area is 385 Å². The van der Waals surface area contributed by atoms with E-state index in [0.29, 0.717) is 17.4 Å². The van der Waals surface area contributed by atoms with Crippen molar-refractivity contribution in [3.05, 3.63) is 24.3 Å². The summed E-state index contributed by atoms with van der Waals surface area (Å²) in [5, 5.41) is 13.8. The van der Waals surface area contributed by atoms with E-state index in [1.807, 2.05) is 27.2 Å². The highest BCUT2D eigenvalue weighted by Crippen LogP contribution is 2.38. The number of phosphoric ester groups is 1. The van der Waals surface area contributed by atoms with Crippen molar-refractivity contribution in [2.24, 2.45) is 0 Å². The van der Waals surface area contributed by atoms with Gasteiger partial charge in [-0.15, -0.1) is 0 Å². The van der Waals surface area contributed by atoms with E-state index in [1.165, 1.54) is 199 Å². The molecule has 0 radical (unpaired) electrons. The van der Waals surface area contributed by atoms with Gasteiger partial charge in [0.05, 0.1) is 39.9 Å². The molecule has 2 N–H and O–H groups in total. The number of nitrogens with zero attached hydrogens (tertiary/aromatic N) is 1. The first kappa shape index (κ1) is 61.0. The second-order valence-electron chi connectivity index (χ2n) is 19.6. The number of rotatable bonds is 49. The van der Waals surface area contributed by atoms with Crippen LogP contribution in [0.15, 0.2) is 24.3 Å². The standard InChI is InChI=1S/C53H105N2O6P/c1-6-8-10-12-14-16-18-20-22-24-26-27-28-29-31-33-35-37-39-41-43-45-47-53(57)54-51(50-61-62(58,59)60-49-48-55(3,4)5)52(56)46-44-42-40-38-36-34-32-30-25-23-21-19-17-15-13-11-9-7-2/h36,38,44,46,51-52,56H,6-35,37,39-43,45,47-50H2,1-5H3,(H-,54,57,58,59)/b38-36+,46-44+. The zero-order valence-electron chi connectivity index (χ0n) is 41.8. The molecule has 0 spiro atoms. The van der Waals surface area contributed by atoms with E-state index in [9.17, 15) is 19.4 Å². The van der Waals surface area contributed by atoms with E-state index in [-0.39, 0.29) is 19.1 Å². The summed E-state index contributed by atoms with van der Waals surface area (Å²) in [5.74, 6) is -0.202. The van der Waals surface area contributed by atoms with Crippen molar-refractivity contribution in [3.63, 3.8) is 0 Å². The zero-order chi connectivity index (χ0) is 45.7. The quantitative estimate of drug-likeness (QED) is 0.0273. The maximum atomic E-state index is 12.9. The maximum Gasteiger partial charge on any atom is 0.268 e. The Morgan fingerprint density at radius 3 is 1.31 bits per heavy atom. The van der Waals surface area contributed by atoms with Crippen LogP contribution in [0.1, 0.15) is 258 Å². The third kappa shape index (κ3) is 47.0. The second kappa shape index (κ2) is 45.1. The van der Waals surface area contributed by atoms with Crippen LogP contribution in [0, 0.1) is 0 Å². The molecule has 0 aromatic carbocycles. The van der Waals surface area contributed by atoms with Crippen molar-refractivity contribution < 1.29 is 32.9 Å². The lowest BCUT2D eigenvalue weighted by Crippen LogP contribution is -2.45. The Bertz CT molecular complexity index is 1060. The molecule has 0 rings (SSSR count). The van der Waals surface area contributed by atoms with Gasteiger partial charge < -0.3 is 28.8 Å². The van der Waals surface area contributed by atoms with E-state index in [2.05, 4.69) is 31.3 Å². The number of likely N-dealkylation sites (N-methyl/N-ethyl adjacent to an activating group) is 1. The number of aliphatic hydroxyl groups excluding tert-OH is 1. The van der Waals surface area contributed by atoms with Crippen LogP contribution in [0.5, 0.6) is 0 Å². The predicted molar refractivity (Wildman–Crippen MR) is 265 cm³/mol. The van der Waals surface area contributed by atoms with Crippen LogP contribution in [-0.2, 0) is 18.4 Å². The number of amides is 1. The first-order valence-corrected chi connectivity index (χ1v) is 28.2. The van der Waals surface area contributed by atoms with Crippen LogP contribution < -0.4 is 10.2 Å². The fourth-order valence-corrected chi connectivity index (χ4v) is 8.66. The SMILES string of the molecule is CCCCCCCCCCCCCC/C=C/CC/C=C/C(O)C(COP(=O)([O-])OCC[N+](C)(C)C)NC(=O)CCCCCCCCCCCCCCCCCCCCCCCC. The lowest BCUT2D eigenvalue weighted by molar-refractivity contribution is -0.870. The third-order valence-corrected chi connectivity index (χ3v) is 13.1. The molecule has 62 heavy (non-hydrogen) atoms. The number of aliphatic hydroxyl groups is 1. The molecule has 0 saturated carbocycles. The number of hydrogen-bond acceptors (Lipinski definition) is 6. The number of carbonyl (C=O) groups excluding carboxylic acids is 1. The Morgan fingerprint density at radius 1 is 0.548 bits per heavy atom. The summed E-state index contributed by atoms with van der Waals surface area (Å²) >= 11 is 0. The average Bonchev–Trinajstić information content (AvgIpc) is 3.23. The highest BCUT2D eigenvalue weighted by molar-refractivity contribution is 7.45. The van der Waals surface area contributed by atoms with Gasteiger partial charge in [-0.25, -0.2) is 0 Å². The average molecular weight is 897 g/mol. The van der Waals surface area contributed by atoms with Gasteiger partial charge in [-0.05, 0) is 32.1 Å². The second-order valence-corrected chi connectivity index (χ2v) is 21.0. The Kier molecular flexibility index (Phi) is 44.4. The van der Waals surface area contributed by atoms with E-state index in [4.69, 9.17) is 9.05 Å². The minimum atomic E-state index is -4.60. The Morgan fingerprint density at radius 2 is 0.903 bits per heavy atom. The van der Waals surface area contributed by atoms with Crippen molar-refractivity contribution in [3.8, 4) is 0 Å². The molecular weight excluding hydrogens is 792 g/mol. The fourth-order valence-electron chi connectivity index (χ4n) is 7.94. The van der Waals surface area contributed by atoms with Gasteiger partial charge in [0.15, 0.2) is 0 Å². The molecule has 0 saturated heterocycles. The van der Waals surface area contributed by atoms with Gasteiger partial charge in [0.25, 0.3) is 7.82 Å². The molecule has 0 bridgehead atoms. The maximum absolute atomic E-state index is 12.9. The lowest BCUT2D eigenvalue weighted by Gasteiger charge is -2.29. The largest absolute Gasteiger partial charge is 0.756 e. The molecule has 0 fully saturated rings. The molecular formula is C53H105N2O6P. The number of allylic oxidation sites excluding steroid dienone is 3. The molecule has 0 aliphatic carbocycles. The minimum Gasteiger partial charge on any atom is -0.756 e. The number of hydrogen-bond donors (Lipinski definition) is 2. The molecule has 3 atom stereocenters. The molecule has 0 aliphatic rings. The van der Waals surface area contributed by atoms with E-state index < -0.39 is 20.0 Å². The molecule has 0 heterocycles. The van der Waals surface area contributed by atoms with Gasteiger partial charge in [0, 0.05) is 6.42 Å². The smallest absolute Gasteiger partial charge is 0.268 e. The minimum absolute atomic E-state index is 0.00387. The number of carbonyl (C=O) groups is 1. The summed E-state index contributed by atoms with van der Waals surface area (Å²) < 4.78 is 23.3. The number of unbranched alkanes of at least 4 members (excludes halogenated alkanes) is 34. The number of phosphoric acid groups is 1. The van der Waals surface area contributed by atoms with Crippen LogP contribution in [0.2, 0.25) is 0 Å². The molecule has 8 nitrogen and oxygen atoms in total. The van der Waals surface area contributed by atoms with Gasteiger partial charge in [0.1, 0.15) is 13.2 Å². The van der Waals surface area contributed by atoms with Gasteiger partial charge in [-0.2, -0.15) is 0 Å². The summed E-state index contributed by atoms with van der Waals surface area (Å²) in [6, 6.07) is -0.899. The first-order chi connectivity index (χ1) is 30.0. The monoisotopic (exact) mass is 897 g/mol. The molecule has 0 aromatic rings. The van der Waals surface area contributed by atoms with Crippen LogP contribution in [0.3, 0.4) is 0 Å². The normalized spacial score (nSPS) is 14.2. The van der Waals surface area contributed by atoms with Gasteiger partial charge in [-0.3, -0.25) is 9.36 Å². The van der Waals surface area contributed by atoms with Crippen molar-refractivity contribution in [1.82, 2.24) is 5.32 Å². The molecule has 0 aromatic heterocycles. The summed E-state index contributed by atoms with van der Waals surface area (Å²) in [5.41, 5.74) is 0. The molecule has 0 aliphatic heterocycles. The molecule has 368 valence electrons. The van der Waals surface area contributed by atoms with E-state index in [1.54, 1.807) is 6.08 Å². The Balaban J connectivity index is 4.28.